The maximum absolute atomic E-state index is 4.45. The lowest BCUT2D eigenvalue weighted by Gasteiger charge is -2.34. The van der Waals surface area contributed by atoms with E-state index >= 15 is 0 Å². The van der Waals surface area contributed by atoms with Crippen molar-refractivity contribution >= 4 is 27.2 Å². The summed E-state index contributed by atoms with van der Waals surface area (Å²) >= 11 is 1.82. The number of nitrogens with zero attached hydrogens (tertiary/aromatic N) is 2. The second-order valence-corrected chi connectivity index (χ2v) is 6.83. The van der Waals surface area contributed by atoms with Crippen LogP contribution in [-0.2, 0) is 0 Å². The summed E-state index contributed by atoms with van der Waals surface area (Å²) in [6.07, 6.45) is 6.00. The highest BCUT2D eigenvalue weighted by molar-refractivity contribution is 7.17. The lowest BCUT2D eigenvalue weighted by Crippen LogP contribution is -2.41. The number of rotatable bonds is 1. The number of thiophene rings is 1. The van der Waals surface area contributed by atoms with Gasteiger partial charge in [0, 0.05) is 31.2 Å². The normalized spacial score (nSPS) is 27.5. The molecule has 2 fully saturated rings. The first-order valence-corrected chi connectivity index (χ1v) is 8.02. The Balaban J connectivity index is 1.65. The summed E-state index contributed by atoms with van der Waals surface area (Å²) < 4.78 is 1.35. The second kappa shape index (κ2) is 4.46. The lowest BCUT2D eigenvalue weighted by molar-refractivity contribution is 0.239. The molecule has 3 nitrogen and oxygen atoms in total. The number of nitrogens with one attached hydrogen (secondary N) is 1. The minimum Gasteiger partial charge on any atom is -0.370 e. The third kappa shape index (κ3) is 1.94. The molecular weight excluding hydrogens is 254 g/mol. The van der Waals surface area contributed by atoms with Gasteiger partial charge in [-0.15, -0.1) is 11.3 Å². The van der Waals surface area contributed by atoms with E-state index in [1.54, 1.807) is 0 Å². The number of anilines is 1. The molecule has 4 rings (SSSR count). The van der Waals surface area contributed by atoms with Crippen molar-refractivity contribution < 1.29 is 0 Å². The van der Waals surface area contributed by atoms with Crippen LogP contribution in [0.1, 0.15) is 19.3 Å². The van der Waals surface area contributed by atoms with E-state index in [9.17, 15) is 0 Å². The highest BCUT2D eigenvalue weighted by Gasteiger charge is 2.39. The molecule has 2 aliphatic rings. The maximum atomic E-state index is 4.45. The molecule has 4 heteroatoms. The van der Waals surface area contributed by atoms with Gasteiger partial charge in [0.15, 0.2) is 0 Å². The number of aromatic nitrogens is 1. The SMILES string of the molecule is c1cc(N2CCC3(CCCNC3)C2)c2sccc2n1. The summed E-state index contributed by atoms with van der Waals surface area (Å²) in [6.45, 7) is 4.80. The molecule has 2 aromatic heterocycles. The van der Waals surface area contributed by atoms with Crippen molar-refractivity contribution in [3.8, 4) is 0 Å². The molecule has 0 amide bonds. The summed E-state index contributed by atoms with van der Waals surface area (Å²) in [5.41, 5.74) is 3.05. The molecule has 0 radical (unpaired) electrons. The molecule has 2 aliphatic heterocycles. The highest BCUT2D eigenvalue weighted by atomic mass is 32.1. The minimum atomic E-state index is 0.519. The van der Waals surface area contributed by atoms with Gasteiger partial charge in [-0.1, -0.05) is 0 Å². The smallest absolute Gasteiger partial charge is 0.0830 e. The van der Waals surface area contributed by atoms with Crippen LogP contribution in [-0.4, -0.2) is 31.2 Å². The summed E-state index contributed by atoms with van der Waals surface area (Å²) in [6, 6.07) is 4.31. The fourth-order valence-electron chi connectivity index (χ4n) is 3.63. The third-order valence-corrected chi connectivity index (χ3v) is 5.59. The van der Waals surface area contributed by atoms with Crippen LogP contribution in [0.4, 0.5) is 5.69 Å². The van der Waals surface area contributed by atoms with Crippen LogP contribution in [0.25, 0.3) is 10.2 Å². The van der Waals surface area contributed by atoms with E-state index in [1.165, 1.54) is 55.8 Å². The van der Waals surface area contributed by atoms with Gasteiger partial charge < -0.3 is 10.2 Å². The molecular formula is C15H19N3S. The van der Waals surface area contributed by atoms with Crippen molar-refractivity contribution in [3.05, 3.63) is 23.7 Å². The Morgan fingerprint density at radius 2 is 2.32 bits per heavy atom. The van der Waals surface area contributed by atoms with Gasteiger partial charge in [0.25, 0.3) is 0 Å². The molecule has 1 spiro atoms. The molecule has 0 aromatic carbocycles. The van der Waals surface area contributed by atoms with Gasteiger partial charge in [-0.3, -0.25) is 4.98 Å². The first kappa shape index (κ1) is 11.7. The van der Waals surface area contributed by atoms with Gasteiger partial charge in [0.05, 0.1) is 15.9 Å². The number of piperidine rings is 1. The summed E-state index contributed by atoms with van der Waals surface area (Å²) in [4.78, 5) is 7.03. The van der Waals surface area contributed by atoms with E-state index in [4.69, 9.17) is 0 Å². The quantitative estimate of drug-likeness (QED) is 0.866. The Bertz CT molecular complexity index is 586. The van der Waals surface area contributed by atoms with E-state index < -0.39 is 0 Å². The van der Waals surface area contributed by atoms with Crippen molar-refractivity contribution in [1.82, 2.24) is 10.3 Å². The molecule has 0 aliphatic carbocycles. The Hall–Kier alpha value is -1.13. The molecule has 1 unspecified atom stereocenters. The molecule has 2 saturated heterocycles. The van der Waals surface area contributed by atoms with E-state index in [-0.39, 0.29) is 0 Å². The number of pyridine rings is 1. The molecule has 19 heavy (non-hydrogen) atoms. The average Bonchev–Trinajstić information content (AvgIpc) is 3.06. The molecule has 1 N–H and O–H groups in total. The van der Waals surface area contributed by atoms with Gasteiger partial charge in [-0.2, -0.15) is 0 Å². The summed E-state index contributed by atoms with van der Waals surface area (Å²) in [5, 5.41) is 5.73. The zero-order valence-electron chi connectivity index (χ0n) is 11.1. The van der Waals surface area contributed by atoms with Crippen LogP contribution in [0.3, 0.4) is 0 Å². The fourth-order valence-corrected chi connectivity index (χ4v) is 4.52. The zero-order valence-corrected chi connectivity index (χ0v) is 11.9. The number of hydrogen-bond donors (Lipinski definition) is 1. The Kier molecular flexibility index (Phi) is 2.74. The second-order valence-electron chi connectivity index (χ2n) is 5.92. The number of hydrogen-bond acceptors (Lipinski definition) is 4. The van der Waals surface area contributed by atoms with Crippen molar-refractivity contribution in [3.63, 3.8) is 0 Å². The van der Waals surface area contributed by atoms with E-state index in [0.29, 0.717) is 5.41 Å². The van der Waals surface area contributed by atoms with E-state index in [0.717, 1.165) is 5.52 Å². The zero-order chi connectivity index (χ0) is 12.7. The Labute approximate surface area is 117 Å². The lowest BCUT2D eigenvalue weighted by atomic mass is 9.80. The summed E-state index contributed by atoms with van der Waals surface area (Å²) in [5.74, 6) is 0. The first-order chi connectivity index (χ1) is 9.36. The fraction of sp³-hybridized carbons (Fsp3) is 0.533. The van der Waals surface area contributed by atoms with Crippen molar-refractivity contribution in [1.29, 1.82) is 0 Å². The van der Waals surface area contributed by atoms with Crippen LogP contribution < -0.4 is 10.2 Å². The molecule has 4 heterocycles. The van der Waals surface area contributed by atoms with Crippen LogP contribution in [0, 0.1) is 5.41 Å². The Morgan fingerprint density at radius 3 is 3.21 bits per heavy atom. The topological polar surface area (TPSA) is 28.2 Å². The predicted molar refractivity (Wildman–Crippen MR) is 81.0 cm³/mol. The third-order valence-electron chi connectivity index (χ3n) is 4.66. The molecule has 100 valence electrons. The predicted octanol–water partition coefficient (Wildman–Crippen LogP) is 2.88. The first-order valence-electron chi connectivity index (χ1n) is 7.14. The van der Waals surface area contributed by atoms with Gasteiger partial charge in [-0.05, 0) is 43.3 Å². The Morgan fingerprint density at radius 1 is 1.32 bits per heavy atom. The van der Waals surface area contributed by atoms with Gasteiger partial charge in [0.2, 0.25) is 0 Å². The summed E-state index contributed by atoms with van der Waals surface area (Å²) in [7, 11) is 0. The van der Waals surface area contributed by atoms with E-state index in [2.05, 4.69) is 32.7 Å². The van der Waals surface area contributed by atoms with Crippen LogP contribution >= 0.6 is 11.3 Å². The molecule has 0 bridgehead atoms. The standard InChI is InChI=1S/C15H19N3S/c1-4-15(10-16-6-1)5-8-18(11-15)13-2-7-17-12-3-9-19-14(12)13/h2-3,7,9,16H,1,4-6,8,10-11H2. The van der Waals surface area contributed by atoms with Gasteiger partial charge in [0.1, 0.15) is 0 Å². The monoisotopic (exact) mass is 273 g/mol. The van der Waals surface area contributed by atoms with Crippen LogP contribution in [0.15, 0.2) is 23.7 Å². The maximum Gasteiger partial charge on any atom is 0.0830 e. The molecule has 1 atom stereocenters. The van der Waals surface area contributed by atoms with Crippen molar-refractivity contribution in [2.75, 3.05) is 31.1 Å². The molecule has 0 saturated carbocycles. The van der Waals surface area contributed by atoms with Gasteiger partial charge in [-0.25, -0.2) is 0 Å². The minimum absolute atomic E-state index is 0.519. The molecule has 2 aromatic rings. The highest BCUT2D eigenvalue weighted by Crippen LogP contribution is 2.40. The van der Waals surface area contributed by atoms with Gasteiger partial charge >= 0.3 is 0 Å². The van der Waals surface area contributed by atoms with Crippen LogP contribution in [0.2, 0.25) is 0 Å². The van der Waals surface area contributed by atoms with Crippen molar-refractivity contribution in [2.24, 2.45) is 5.41 Å². The largest absolute Gasteiger partial charge is 0.370 e. The van der Waals surface area contributed by atoms with E-state index in [1.807, 2.05) is 17.5 Å². The number of fused-ring (bicyclic) bond motifs is 1. The van der Waals surface area contributed by atoms with Crippen molar-refractivity contribution in [2.45, 2.75) is 19.3 Å². The average molecular weight is 273 g/mol. The van der Waals surface area contributed by atoms with Crippen LogP contribution in [0.5, 0.6) is 0 Å².